The lowest BCUT2D eigenvalue weighted by atomic mass is 10.2. The molecule has 0 aliphatic carbocycles. The first-order valence-electron chi connectivity index (χ1n) is 5.43. The van der Waals surface area contributed by atoms with Crippen LogP contribution >= 0.6 is 0 Å². The van der Waals surface area contributed by atoms with Crippen molar-refractivity contribution in [1.82, 2.24) is 0 Å². The number of phenols is 1. The fourth-order valence-electron chi connectivity index (χ4n) is 1.59. The second-order valence-corrected chi connectivity index (χ2v) is 3.81. The van der Waals surface area contributed by atoms with Gasteiger partial charge < -0.3 is 14.6 Å². The molecule has 0 atom stereocenters. The summed E-state index contributed by atoms with van der Waals surface area (Å²) >= 11 is 0. The molecule has 2 aromatic rings. The SMILES string of the molecule is O=C(O)CN(C(=O)c1ccoc1)c1ccc(O)cc1. The number of carboxylic acid groups (broad SMARTS) is 1. The molecule has 2 N–H and O–H groups in total. The number of aromatic hydroxyl groups is 1. The number of amides is 1. The quantitative estimate of drug-likeness (QED) is 0.874. The first kappa shape index (κ1) is 12.7. The standard InChI is InChI=1S/C13H11NO5/c15-11-3-1-10(2-4-11)14(7-12(16)17)13(18)9-5-6-19-8-9/h1-6,8,15H,7H2,(H,16,17). The molecular weight excluding hydrogens is 250 g/mol. The van der Waals surface area contributed by atoms with E-state index in [2.05, 4.69) is 0 Å². The van der Waals surface area contributed by atoms with Gasteiger partial charge in [0.05, 0.1) is 11.8 Å². The molecule has 98 valence electrons. The molecule has 19 heavy (non-hydrogen) atoms. The fourth-order valence-corrected chi connectivity index (χ4v) is 1.59. The molecule has 6 heteroatoms. The van der Waals surface area contributed by atoms with E-state index < -0.39 is 18.4 Å². The van der Waals surface area contributed by atoms with Gasteiger partial charge in [-0.05, 0) is 30.3 Å². The van der Waals surface area contributed by atoms with Crippen LogP contribution in [0.5, 0.6) is 5.75 Å². The zero-order valence-corrected chi connectivity index (χ0v) is 9.81. The average Bonchev–Trinajstić information content (AvgIpc) is 2.90. The summed E-state index contributed by atoms with van der Waals surface area (Å²) in [5, 5.41) is 18.1. The Bertz CT molecular complexity index is 574. The van der Waals surface area contributed by atoms with E-state index in [1.807, 2.05) is 0 Å². The zero-order chi connectivity index (χ0) is 13.8. The molecule has 0 fully saturated rings. The van der Waals surface area contributed by atoms with Crippen LogP contribution in [-0.2, 0) is 4.79 Å². The smallest absolute Gasteiger partial charge is 0.323 e. The minimum absolute atomic E-state index is 0.0368. The molecular formula is C13H11NO5. The van der Waals surface area contributed by atoms with E-state index in [4.69, 9.17) is 9.52 Å². The van der Waals surface area contributed by atoms with Crippen molar-refractivity contribution in [3.05, 3.63) is 48.4 Å². The number of benzene rings is 1. The van der Waals surface area contributed by atoms with Crippen molar-refractivity contribution < 1.29 is 24.2 Å². The molecule has 0 aliphatic heterocycles. The topological polar surface area (TPSA) is 91.0 Å². The van der Waals surface area contributed by atoms with E-state index in [1.165, 1.54) is 42.9 Å². The Labute approximate surface area is 108 Å². The molecule has 2 rings (SSSR count). The zero-order valence-electron chi connectivity index (χ0n) is 9.81. The van der Waals surface area contributed by atoms with E-state index in [9.17, 15) is 14.7 Å². The Balaban J connectivity index is 2.33. The molecule has 0 bridgehead atoms. The Kier molecular flexibility index (Phi) is 3.51. The number of hydrogen-bond acceptors (Lipinski definition) is 4. The molecule has 1 aromatic carbocycles. The third-order valence-corrected chi connectivity index (χ3v) is 2.47. The van der Waals surface area contributed by atoms with Crippen molar-refractivity contribution in [2.75, 3.05) is 11.4 Å². The summed E-state index contributed by atoms with van der Waals surface area (Å²) in [6, 6.07) is 7.16. The van der Waals surface area contributed by atoms with E-state index in [1.54, 1.807) is 0 Å². The maximum atomic E-state index is 12.2. The summed E-state index contributed by atoms with van der Waals surface area (Å²) in [5.74, 6) is -1.58. The predicted molar refractivity (Wildman–Crippen MR) is 66.1 cm³/mol. The number of furan rings is 1. The van der Waals surface area contributed by atoms with Crippen molar-refractivity contribution in [1.29, 1.82) is 0 Å². The van der Waals surface area contributed by atoms with Crippen molar-refractivity contribution in [3.63, 3.8) is 0 Å². The molecule has 0 radical (unpaired) electrons. The van der Waals surface area contributed by atoms with Gasteiger partial charge in [0, 0.05) is 5.69 Å². The number of carbonyl (C=O) groups is 2. The number of carbonyl (C=O) groups excluding carboxylic acids is 1. The number of aliphatic carboxylic acids is 1. The van der Waals surface area contributed by atoms with Gasteiger partial charge in [0.1, 0.15) is 18.6 Å². The van der Waals surface area contributed by atoms with Crippen molar-refractivity contribution in [2.45, 2.75) is 0 Å². The van der Waals surface area contributed by atoms with Gasteiger partial charge >= 0.3 is 5.97 Å². The third-order valence-electron chi connectivity index (χ3n) is 2.47. The minimum Gasteiger partial charge on any atom is -0.508 e. The number of phenolic OH excluding ortho intramolecular Hbond substituents is 1. The van der Waals surface area contributed by atoms with Crippen LogP contribution in [0.2, 0.25) is 0 Å². The average molecular weight is 261 g/mol. The van der Waals surface area contributed by atoms with E-state index in [0.717, 1.165) is 4.90 Å². The van der Waals surface area contributed by atoms with Crippen molar-refractivity contribution >= 4 is 17.6 Å². The van der Waals surface area contributed by atoms with E-state index in [-0.39, 0.29) is 11.3 Å². The van der Waals surface area contributed by atoms with Gasteiger partial charge in [0.25, 0.3) is 5.91 Å². The van der Waals surface area contributed by atoms with Crippen LogP contribution in [0.1, 0.15) is 10.4 Å². The highest BCUT2D eigenvalue weighted by atomic mass is 16.4. The molecule has 0 unspecified atom stereocenters. The Morgan fingerprint density at radius 1 is 1.16 bits per heavy atom. The number of hydrogen-bond donors (Lipinski definition) is 2. The van der Waals surface area contributed by atoms with Gasteiger partial charge in [-0.2, -0.15) is 0 Å². The summed E-state index contributed by atoms with van der Waals surface area (Å²) in [5.41, 5.74) is 0.640. The highest BCUT2D eigenvalue weighted by Crippen LogP contribution is 2.20. The largest absolute Gasteiger partial charge is 0.508 e. The molecule has 0 saturated carbocycles. The third kappa shape index (κ3) is 2.92. The number of anilines is 1. The summed E-state index contributed by atoms with van der Waals surface area (Å²) in [6.07, 6.45) is 2.58. The summed E-state index contributed by atoms with van der Waals surface area (Å²) in [4.78, 5) is 24.1. The number of carboxylic acids is 1. The highest BCUT2D eigenvalue weighted by Gasteiger charge is 2.21. The first-order valence-corrected chi connectivity index (χ1v) is 5.43. The molecule has 0 aliphatic rings. The van der Waals surface area contributed by atoms with Crippen LogP contribution in [0.4, 0.5) is 5.69 Å². The molecule has 1 amide bonds. The second kappa shape index (κ2) is 5.26. The minimum atomic E-state index is -1.13. The van der Waals surface area contributed by atoms with Gasteiger partial charge in [0.2, 0.25) is 0 Å². The Morgan fingerprint density at radius 3 is 2.37 bits per heavy atom. The second-order valence-electron chi connectivity index (χ2n) is 3.81. The lowest BCUT2D eigenvalue weighted by Gasteiger charge is -2.20. The van der Waals surface area contributed by atoms with Gasteiger partial charge in [0.15, 0.2) is 0 Å². The normalized spacial score (nSPS) is 10.1. The summed E-state index contributed by atoms with van der Waals surface area (Å²) < 4.78 is 4.81. The van der Waals surface area contributed by atoms with Crippen LogP contribution in [-0.4, -0.2) is 28.6 Å². The van der Waals surface area contributed by atoms with E-state index >= 15 is 0 Å². The molecule has 0 spiro atoms. The number of nitrogens with zero attached hydrogens (tertiary/aromatic N) is 1. The Hall–Kier alpha value is -2.76. The Morgan fingerprint density at radius 2 is 1.84 bits per heavy atom. The molecule has 6 nitrogen and oxygen atoms in total. The molecule has 1 aromatic heterocycles. The summed E-state index contributed by atoms with van der Waals surface area (Å²) in [6.45, 7) is -0.477. The van der Waals surface area contributed by atoms with Crippen LogP contribution in [0.3, 0.4) is 0 Å². The predicted octanol–water partition coefficient (Wildman–Crippen LogP) is 1.72. The maximum Gasteiger partial charge on any atom is 0.323 e. The van der Waals surface area contributed by atoms with Crippen LogP contribution < -0.4 is 4.90 Å². The lowest BCUT2D eigenvalue weighted by molar-refractivity contribution is -0.135. The van der Waals surface area contributed by atoms with Gasteiger partial charge in [-0.3, -0.25) is 14.5 Å². The molecule has 0 saturated heterocycles. The van der Waals surface area contributed by atoms with E-state index in [0.29, 0.717) is 5.69 Å². The number of rotatable bonds is 4. The van der Waals surface area contributed by atoms with Gasteiger partial charge in [-0.15, -0.1) is 0 Å². The highest BCUT2D eigenvalue weighted by molar-refractivity contribution is 6.07. The van der Waals surface area contributed by atoms with Crippen LogP contribution in [0, 0.1) is 0 Å². The van der Waals surface area contributed by atoms with Crippen molar-refractivity contribution in [3.8, 4) is 5.75 Å². The molecule has 1 heterocycles. The fraction of sp³-hybridized carbons (Fsp3) is 0.0769. The summed E-state index contributed by atoms with van der Waals surface area (Å²) in [7, 11) is 0. The first-order chi connectivity index (χ1) is 9.08. The monoisotopic (exact) mass is 261 g/mol. The lowest BCUT2D eigenvalue weighted by Crippen LogP contribution is -2.35. The van der Waals surface area contributed by atoms with Gasteiger partial charge in [-0.1, -0.05) is 0 Å². The maximum absolute atomic E-state index is 12.2. The van der Waals surface area contributed by atoms with Crippen LogP contribution in [0.25, 0.3) is 0 Å². The van der Waals surface area contributed by atoms with Gasteiger partial charge in [-0.25, -0.2) is 0 Å². The van der Waals surface area contributed by atoms with Crippen LogP contribution in [0.15, 0.2) is 47.3 Å². The van der Waals surface area contributed by atoms with Crippen molar-refractivity contribution in [2.24, 2.45) is 0 Å².